The summed E-state index contributed by atoms with van der Waals surface area (Å²) in [4.78, 5) is 2.37. The predicted molar refractivity (Wildman–Crippen MR) is 73.0 cm³/mol. The molecule has 1 N–H and O–H groups in total. The van der Waals surface area contributed by atoms with Crippen molar-refractivity contribution in [2.24, 2.45) is 5.92 Å². The molecule has 1 heterocycles. The third-order valence-corrected chi connectivity index (χ3v) is 3.94. The molecule has 2 atom stereocenters. The Hall–Kier alpha value is -0.930. The molecule has 1 fully saturated rings. The normalized spacial score (nSPS) is 23.3. The fourth-order valence-corrected chi connectivity index (χ4v) is 2.61. The molecule has 18 heavy (non-hydrogen) atoms. The highest BCUT2D eigenvalue weighted by molar-refractivity contribution is 5.21. The number of halogens is 1. The van der Waals surface area contributed by atoms with Crippen molar-refractivity contribution in [2.75, 3.05) is 19.6 Å². The zero-order valence-corrected chi connectivity index (χ0v) is 11.5. The third-order valence-electron chi connectivity index (χ3n) is 3.94. The van der Waals surface area contributed by atoms with Gasteiger partial charge in [0.05, 0.1) is 0 Å². The third kappa shape index (κ3) is 2.90. The topological polar surface area (TPSA) is 15.3 Å². The van der Waals surface area contributed by atoms with Crippen LogP contribution in [0, 0.1) is 11.7 Å². The van der Waals surface area contributed by atoms with Gasteiger partial charge in [-0.1, -0.05) is 32.0 Å². The lowest BCUT2D eigenvalue weighted by atomic mass is 9.99. The van der Waals surface area contributed by atoms with Crippen LogP contribution in [-0.2, 0) is 0 Å². The minimum absolute atomic E-state index is 0.0929. The molecule has 100 valence electrons. The maximum absolute atomic E-state index is 13.8. The second-order valence-electron chi connectivity index (χ2n) is 5.50. The summed E-state index contributed by atoms with van der Waals surface area (Å²) >= 11 is 0. The van der Waals surface area contributed by atoms with E-state index in [1.54, 1.807) is 12.1 Å². The van der Waals surface area contributed by atoms with Gasteiger partial charge in [0.2, 0.25) is 0 Å². The molecule has 1 aromatic rings. The van der Waals surface area contributed by atoms with Crippen LogP contribution < -0.4 is 5.32 Å². The van der Waals surface area contributed by atoms with Gasteiger partial charge in [-0.3, -0.25) is 4.90 Å². The largest absolute Gasteiger partial charge is 0.311 e. The summed E-state index contributed by atoms with van der Waals surface area (Å²) in [5.74, 6) is 0.519. The lowest BCUT2D eigenvalue weighted by molar-refractivity contribution is 0.133. The molecule has 0 radical (unpaired) electrons. The van der Waals surface area contributed by atoms with Gasteiger partial charge in [-0.2, -0.15) is 0 Å². The van der Waals surface area contributed by atoms with Gasteiger partial charge in [-0.25, -0.2) is 4.39 Å². The fourth-order valence-electron chi connectivity index (χ4n) is 2.61. The Kier molecular flexibility index (Phi) is 4.36. The van der Waals surface area contributed by atoms with Crippen LogP contribution in [0.15, 0.2) is 24.3 Å². The zero-order chi connectivity index (χ0) is 13.1. The Morgan fingerprint density at radius 2 is 2.00 bits per heavy atom. The zero-order valence-electron chi connectivity index (χ0n) is 11.5. The minimum Gasteiger partial charge on any atom is -0.311 e. The fraction of sp³-hybridized carbons (Fsp3) is 0.600. The van der Waals surface area contributed by atoms with Crippen molar-refractivity contribution in [1.29, 1.82) is 0 Å². The molecule has 0 bridgehead atoms. The Bertz CT molecular complexity index is 392. The van der Waals surface area contributed by atoms with E-state index in [2.05, 4.69) is 31.0 Å². The van der Waals surface area contributed by atoms with Gasteiger partial charge in [0.1, 0.15) is 5.82 Å². The first-order valence-electron chi connectivity index (χ1n) is 6.81. The summed E-state index contributed by atoms with van der Waals surface area (Å²) in [5, 5.41) is 3.53. The van der Waals surface area contributed by atoms with Gasteiger partial charge in [-0.05, 0) is 18.9 Å². The van der Waals surface area contributed by atoms with Crippen LogP contribution in [-0.4, -0.2) is 30.6 Å². The summed E-state index contributed by atoms with van der Waals surface area (Å²) in [6, 6.07) is 7.76. The Balaban J connectivity index is 2.09. The van der Waals surface area contributed by atoms with Gasteiger partial charge in [-0.15, -0.1) is 0 Å². The average Bonchev–Trinajstić information content (AvgIpc) is 2.38. The van der Waals surface area contributed by atoms with E-state index in [0.29, 0.717) is 12.0 Å². The molecular weight excluding hydrogens is 227 g/mol. The molecular formula is C15H23FN2. The number of piperazine rings is 1. The highest BCUT2D eigenvalue weighted by atomic mass is 19.1. The van der Waals surface area contributed by atoms with Crippen LogP contribution in [0.1, 0.15) is 32.4 Å². The summed E-state index contributed by atoms with van der Waals surface area (Å²) in [7, 11) is 0. The summed E-state index contributed by atoms with van der Waals surface area (Å²) in [6.07, 6.45) is 0. The van der Waals surface area contributed by atoms with Crippen molar-refractivity contribution >= 4 is 0 Å². The van der Waals surface area contributed by atoms with Crippen molar-refractivity contribution < 1.29 is 4.39 Å². The maximum Gasteiger partial charge on any atom is 0.127 e. The number of hydrogen-bond donors (Lipinski definition) is 1. The summed E-state index contributed by atoms with van der Waals surface area (Å²) < 4.78 is 13.8. The Labute approximate surface area is 109 Å². The molecule has 0 saturated carbocycles. The Morgan fingerprint density at radius 3 is 2.67 bits per heavy atom. The molecule has 1 aliphatic heterocycles. The van der Waals surface area contributed by atoms with Crippen LogP contribution in [0.4, 0.5) is 4.39 Å². The first-order chi connectivity index (χ1) is 8.59. The quantitative estimate of drug-likeness (QED) is 0.887. The minimum atomic E-state index is -0.0929. The van der Waals surface area contributed by atoms with E-state index in [1.165, 1.54) is 0 Å². The average molecular weight is 250 g/mol. The highest BCUT2D eigenvalue weighted by Gasteiger charge is 2.26. The molecule has 0 aliphatic carbocycles. The Morgan fingerprint density at radius 1 is 1.28 bits per heavy atom. The van der Waals surface area contributed by atoms with Crippen molar-refractivity contribution in [3.8, 4) is 0 Å². The van der Waals surface area contributed by atoms with Crippen molar-refractivity contribution in [2.45, 2.75) is 32.9 Å². The van der Waals surface area contributed by atoms with Crippen LogP contribution in [0.25, 0.3) is 0 Å². The van der Waals surface area contributed by atoms with E-state index >= 15 is 0 Å². The molecule has 1 aromatic carbocycles. The van der Waals surface area contributed by atoms with Crippen molar-refractivity contribution in [3.63, 3.8) is 0 Å². The SMILES string of the molecule is CC(C)C1CN(C(C)c2ccccc2F)CCN1. The maximum atomic E-state index is 13.8. The van der Waals surface area contributed by atoms with E-state index in [4.69, 9.17) is 0 Å². The van der Waals surface area contributed by atoms with Crippen LogP contribution >= 0.6 is 0 Å². The number of nitrogens with one attached hydrogen (secondary N) is 1. The monoisotopic (exact) mass is 250 g/mol. The first kappa shape index (κ1) is 13.5. The number of rotatable bonds is 3. The smallest absolute Gasteiger partial charge is 0.127 e. The number of benzene rings is 1. The van der Waals surface area contributed by atoms with E-state index in [9.17, 15) is 4.39 Å². The van der Waals surface area contributed by atoms with E-state index in [1.807, 2.05) is 12.1 Å². The lowest BCUT2D eigenvalue weighted by Crippen LogP contribution is -2.53. The molecule has 1 saturated heterocycles. The van der Waals surface area contributed by atoms with Crippen molar-refractivity contribution in [3.05, 3.63) is 35.6 Å². The van der Waals surface area contributed by atoms with E-state index in [0.717, 1.165) is 25.2 Å². The standard InChI is InChI=1S/C15H23FN2/c1-11(2)15-10-18(9-8-17-15)12(3)13-6-4-5-7-14(13)16/h4-7,11-12,15,17H,8-10H2,1-3H3. The molecule has 2 nitrogen and oxygen atoms in total. The van der Waals surface area contributed by atoms with Gasteiger partial charge < -0.3 is 5.32 Å². The van der Waals surface area contributed by atoms with Crippen molar-refractivity contribution in [1.82, 2.24) is 10.2 Å². The molecule has 2 rings (SSSR count). The van der Waals surface area contributed by atoms with Crippen LogP contribution in [0.3, 0.4) is 0 Å². The molecule has 0 aromatic heterocycles. The van der Waals surface area contributed by atoms with E-state index < -0.39 is 0 Å². The second-order valence-corrected chi connectivity index (χ2v) is 5.50. The molecule has 0 spiro atoms. The summed E-state index contributed by atoms with van der Waals surface area (Å²) in [6.45, 7) is 9.53. The second kappa shape index (κ2) is 5.81. The predicted octanol–water partition coefficient (Wildman–Crippen LogP) is 2.82. The van der Waals surface area contributed by atoms with Crippen LogP contribution in [0.5, 0.6) is 0 Å². The molecule has 0 amide bonds. The summed E-state index contributed by atoms with van der Waals surface area (Å²) in [5.41, 5.74) is 0.807. The van der Waals surface area contributed by atoms with Crippen LogP contribution in [0.2, 0.25) is 0 Å². The number of hydrogen-bond acceptors (Lipinski definition) is 2. The van der Waals surface area contributed by atoms with Gasteiger partial charge in [0.25, 0.3) is 0 Å². The lowest BCUT2D eigenvalue weighted by Gasteiger charge is -2.39. The van der Waals surface area contributed by atoms with E-state index in [-0.39, 0.29) is 11.9 Å². The number of nitrogens with zero attached hydrogens (tertiary/aromatic N) is 1. The van der Waals surface area contributed by atoms with Gasteiger partial charge in [0, 0.05) is 37.3 Å². The highest BCUT2D eigenvalue weighted by Crippen LogP contribution is 2.24. The molecule has 3 heteroatoms. The molecule has 2 unspecified atom stereocenters. The first-order valence-corrected chi connectivity index (χ1v) is 6.81. The van der Waals surface area contributed by atoms with Gasteiger partial charge in [0.15, 0.2) is 0 Å². The van der Waals surface area contributed by atoms with Gasteiger partial charge >= 0.3 is 0 Å². The molecule has 1 aliphatic rings.